The second kappa shape index (κ2) is 22.2. The van der Waals surface area contributed by atoms with Gasteiger partial charge in [0.25, 0.3) is 0 Å². The van der Waals surface area contributed by atoms with E-state index in [4.69, 9.17) is 0 Å². The van der Waals surface area contributed by atoms with Crippen LogP contribution in [0.1, 0.15) is 109 Å². The van der Waals surface area contributed by atoms with Crippen LogP contribution >= 0.6 is 0 Å². The van der Waals surface area contributed by atoms with Gasteiger partial charge in [-0.25, -0.2) is 0 Å². The largest absolute Gasteiger partial charge is 0.310 e. The molecule has 0 N–H and O–H groups in total. The van der Waals surface area contributed by atoms with Gasteiger partial charge in [0.05, 0.1) is 22.7 Å². The first kappa shape index (κ1) is 55.7. The lowest BCUT2D eigenvalue weighted by atomic mass is 9.71. The highest BCUT2D eigenvalue weighted by Crippen LogP contribution is 2.63. The minimum Gasteiger partial charge on any atom is -0.310 e. The van der Waals surface area contributed by atoms with Crippen LogP contribution in [-0.4, -0.2) is 0 Å². The number of hydrogen-bond acceptors (Lipinski definition) is 2. The summed E-state index contributed by atoms with van der Waals surface area (Å²) in [5.74, 6) is -0.225. The molecule has 13 aromatic carbocycles. The number of rotatable bonds is 9. The SMILES string of the molecule is CC(C)(C)c1ccc(-c2ccc3c(c2)C2c4cc(-c5ccc(C(C)(C)C)cc5)ccc4N(c4cc(-c5ccccc5)cc(-c5ccccc5)c4)c4cc(C5c6ccccc6Cc6ccccc65)cc(c42)N3c2cc(-c3ccccc3)cc(-c3ccccc3)c2)cc1. The van der Waals surface area contributed by atoms with E-state index in [9.17, 15) is 0 Å². The fraction of sp³-hybridized carbons (Fsp3) is 0.124. The van der Waals surface area contributed by atoms with Crippen LogP contribution in [0.5, 0.6) is 0 Å². The molecule has 0 spiro atoms. The highest BCUT2D eigenvalue weighted by Gasteiger charge is 2.43. The zero-order valence-corrected chi connectivity index (χ0v) is 52.6. The standard InChI is InChI=1S/C89H72N2/c1-88(2,3)73-41-35-62(36-42-73)64-39-45-81-79(54-64)86-80-55-65(63-37-43-74(44-38-63)89(4,5)6)40-46-82(80)91(76-52-70(60-27-15-9-16-28-60)49-71(53-76)61-29-17-10-18-30-61)84-57-72(85-77-33-21-19-31-66(77)47-67-32-20-22-34-78(67)85)56-83(87(84)86)90(81)75-50-68(58-23-11-7-12-24-58)48-69(51-75)59-25-13-8-14-26-59/h7-46,48-57,85-86H,47H2,1-6H3. The average molecular weight is 1170 g/mol. The molecule has 0 atom stereocenters. The maximum Gasteiger partial charge on any atom is 0.0527 e. The first-order chi connectivity index (χ1) is 44.4. The van der Waals surface area contributed by atoms with Gasteiger partial charge in [-0.1, -0.05) is 272 Å². The summed E-state index contributed by atoms with van der Waals surface area (Å²) in [4.78, 5) is 5.29. The van der Waals surface area contributed by atoms with Crippen LogP contribution in [0, 0.1) is 0 Å². The van der Waals surface area contributed by atoms with Gasteiger partial charge in [0.1, 0.15) is 0 Å². The Morgan fingerprint density at radius 2 is 0.571 bits per heavy atom. The number of anilines is 6. The number of fused-ring (bicyclic) bond motifs is 6. The Balaban J connectivity index is 1.05. The number of hydrogen-bond donors (Lipinski definition) is 0. The second-order valence-electron chi connectivity index (χ2n) is 27.3. The highest BCUT2D eigenvalue weighted by atomic mass is 15.2. The van der Waals surface area contributed by atoms with E-state index >= 15 is 0 Å². The lowest BCUT2D eigenvalue weighted by Gasteiger charge is -2.46. The lowest BCUT2D eigenvalue weighted by Crippen LogP contribution is -2.30. The highest BCUT2D eigenvalue weighted by molar-refractivity contribution is 6.00. The van der Waals surface area contributed by atoms with Crippen molar-refractivity contribution in [2.24, 2.45) is 0 Å². The minimum absolute atomic E-state index is 0.0213. The molecule has 0 radical (unpaired) electrons. The van der Waals surface area contributed by atoms with Crippen molar-refractivity contribution in [2.45, 2.75) is 70.6 Å². The summed E-state index contributed by atoms with van der Waals surface area (Å²) in [7, 11) is 0. The zero-order chi connectivity index (χ0) is 61.5. The van der Waals surface area contributed by atoms with Crippen molar-refractivity contribution in [2.75, 3.05) is 9.80 Å². The third-order valence-corrected chi connectivity index (χ3v) is 19.5. The van der Waals surface area contributed by atoms with Gasteiger partial charge in [-0.3, -0.25) is 0 Å². The summed E-state index contributed by atoms with van der Waals surface area (Å²) in [5, 5.41) is 0. The summed E-state index contributed by atoms with van der Waals surface area (Å²) in [6, 6.07) is 115. The van der Waals surface area contributed by atoms with Gasteiger partial charge in [-0.2, -0.15) is 0 Å². The van der Waals surface area contributed by atoms with Crippen LogP contribution in [0.3, 0.4) is 0 Å². The molecule has 0 aromatic heterocycles. The quantitative estimate of drug-likeness (QED) is 0.142. The topological polar surface area (TPSA) is 6.48 Å². The molecule has 2 aliphatic heterocycles. The third kappa shape index (κ3) is 10.1. The predicted molar refractivity (Wildman–Crippen MR) is 383 cm³/mol. The molecule has 1 aliphatic carbocycles. The van der Waals surface area contributed by atoms with E-state index in [1.54, 1.807) is 0 Å². The van der Waals surface area contributed by atoms with E-state index in [-0.39, 0.29) is 22.7 Å². The molecule has 16 rings (SSSR count). The van der Waals surface area contributed by atoms with Crippen LogP contribution in [-0.2, 0) is 17.3 Å². The molecule has 0 fully saturated rings. The van der Waals surface area contributed by atoms with Crippen molar-refractivity contribution in [3.05, 3.63) is 359 Å². The van der Waals surface area contributed by atoms with Gasteiger partial charge < -0.3 is 9.80 Å². The van der Waals surface area contributed by atoms with Crippen molar-refractivity contribution < 1.29 is 0 Å². The van der Waals surface area contributed by atoms with Gasteiger partial charge in [-0.05, 0) is 207 Å². The van der Waals surface area contributed by atoms with Crippen LogP contribution in [0.25, 0.3) is 66.8 Å². The maximum atomic E-state index is 2.65. The Kier molecular flexibility index (Phi) is 13.6. The average Bonchev–Trinajstić information content (AvgIpc) is 0.704. The summed E-state index contributed by atoms with van der Waals surface area (Å²) < 4.78 is 0. The van der Waals surface area contributed by atoms with Crippen molar-refractivity contribution in [3.8, 4) is 66.8 Å². The van der Waals surface area contributed by atoms with Gasteiger partial charge in [0.15, 0.2) is 0 Å². The van der Waals surface area contributed by atoms with E-state index in [0.29, 0.717) is 0 Å². The summed E-state index contributed by atoms with van der Waals surface area (Å²) >= 11 is 0. The molecular weight excluding hydrogens is 1100 g/mol. The zero-order valence-electron chi connectivity index (χ0n) is 52.6. The van der Waals surface area contributed by atoms with Crippen molar-refractivity contribution >= 4 is 34.1 Å². The van der Waals surface area contributed by atoms with E-state index in [1.807, 2.05) is 0 Å². The first-order valence-electron chi connectivity index (χ1n) is 32.3. The summed E-state index contributed by atoms with van der Waals surface area (Å²) in [5.41, 5.74) is 34.2. The minimum atomic E-state index is -0.179. The molecule has 2 nitrogen and oxygen atoms in total. The monoisotopic (exact) mass is 1170 g/mol. The lowest BCUT2D eigenvalue weighted by molar-refractivity contribution is 0.590. The molecule has 2 heteroatoms. The van der Waals surface area contributed by atoms with Crippen molar-refractivity contribution in [1.82, 2.24) is 0 Å². The van der Waals surface area contributed by atoms with Crippen LogP contribution in [0.15, 0.2) is 303 Å². The smallest absolute Gasteiger partial charge is 0.0527 e. The molecular formula is C89H72N2. The first-order valence-corrected chi connectivity index (χ1v) is 32.3. The van der Waals surface area contributed by atoms with E-state index in [0.717, 1.165) is 40.0 Å². The van der Waals surface area contributed by atoms with E-state index < -0.39 is 0 Å². The summed E-state index contributed by atoms with van der Waals surface area (Å²) in [6.45, 7) is 13.8. The Labute approximate surface area is 537 Å². The van der Waals surface area contributed by atoms with Crippen LogP contribution < -0.4 is 9.80 Å². The molecule has 2 heterocycles. The Morgan fingerprint density at radius 1 is 0.253 bits per heavy atom. The molecule has 438 valence electrons. The molecule has 13 aromatic rings. The van der Waals surface area contributed by atoms with Gasteiger partial charge in [0, 0.05) is 28.8 Å². The second-order valence-corrected chi connectivity index (χ2v) is 27.3. The molecule has 0 unspecified atom stereocenters. The van der Waals surface area contributed by atoms with Gasteiger partial charge in [0.2, 0.25) is 0 Å². The van der Waals surface area contributed by atoms with Gasteiger partial charge in [-0.15, -0.1) is 0 Å². The maximum absolute atomic E-state index is 2.65. The molecule has 0 bridgehead atoms. The van der Waals surface area contributed by atoms with Crippen LogP contribution in [0.2, 0.25) is 0 Å². The molecule has 0 saturated carbocycles. The molecule has 0 saturated heterocycles. The number of benzene rings is 13. The van der Waals surface area contributed by atoms with Crippen LogP contribution in [0.4, 0.5) is 34.1 Å². The Hall–Kier alpha value is -10.5. The fourth-order valence-electron chi connectivity index (χ4n) is 14.8. The van der Waals surface area contributed by atoms with Crippen molar-refractivity contribution in [1.29, 1.82) is 0 Å². The Bertz CT molecular complexity index is 4470. The molecule has 3 aliphatic rings. The molecule has 91 heavy (non-hydrogen) atoms. The number of nitrogens with zero attached hydrogens (tertiary/aromatic N) is 2. The predicted octanol–water partition coefficient (Wildman–Crippen LogP) is 24.1. The fourth-order valence-corrected chi connectivity index (χ4v) is 14.8. The van der Waals surface area contributed by atoms with Crippen molar-refractivity contribution in [3.63, 3.8) is 0 Å². The van der Waals surface area contributed by atoms with E-state index in [2.05, 4.69) is 355 Å². The third-order valence-electron chi connectivity index (χ3n) is 19.5. The Morgan fingerprint density at radius 3 is 0.923 bits per heavy atom. The summed E-state index contributed by atoms with van der Waals surface area (Å²) in [6.07, 6.45) is 0.896. The van der Waals surface area contributed by atoms with Gasteiger partial charge >= 0.3 is 0 Å². The molecule has 0 amide bonds. The van der Waals surface area contributed by atoms with E-state index in [1.165, 1.54) is 123 Å². The normalized spacial score (nSPS) is 13.4.